The summed E-state index contributed by atoms with van der Waals surface area (Å²) < 4.78 is 26.4. The van der Waals surface area contributed by atoms with Gasteiger partial charge in [0.05, 0.1) is 0 Å². The van der Waals surface area contributed by atoms with E-state index in [-0.39, 0.29) is 6.42 Å². The molecule has 0 saturated carbocycles. The van der Waals surface area contributed by atoms with Gasteiger partial charge < -0.3 is 0 Å². The summed E-state index contributed by atoms with van der Waals surface area (Å²) in [6, 6.07) is 3.44. The van der Waals surface area contributed by atoms with Crippen LogP contribution in [0.3, 0.4) is 0 Å². The first-order valence-electron chi connectivity index (χ1n) is 5.32. The molecule has 0 atom stereocenters. The molecule has 1 heterocycles. The predicted molar refractivity (Wildman–Crippen MR) is 63.2 cm³/mol. The number of benzene rings is 1. The second kappa shape index (κ2) is 4.87. The largest absolute Gasteiger partial charge is 0.207 e. The van der Waals surface area contributed by atoms with Crippen molar-refractivity contribution in [3.63, 3.8) is 0 Å². The number of aromatic nitrogens is 2. The first kappa shape index (κ1) is 12.1. The molecule has 2 rings (SSSR count). The lowest BCUT2D eigenvalue weighted by atomic mass is 10.1. The average Bonchev–Trinajstić information content (AvgIpc) is 2.72. The van der Waals surface area contributed by atoms with E-state index in [1.54, 1.807) is 0 Å². The van der Waals surface area contributed by atoms with Crippen molar-refractivity contribution in [1.82, 2.24) is 10.2 Å². The topological polar surface area (TPSA) is 25.8 Å². The molecule has 0 spiro atoms. The third-order valence-electron chi connectivity index (χ3n) is 2.33. The summed E-state index contributed by atoms with van der Waals surface area (Å²) in [4.78, 5) is 0. The summed E-state index contributed by atoms with van der Waals surface area (Å²) in [5.74, 6) is -0.540. The first-order chi connectivity index (χ1) is 8.06. The van der Waals surface area contributed by atoms with Crippen LogP contribution in [0.25, 0.3) is 0 Å². The Hall–Kier alpha value is -1.36. The van der Waals surface area contributed by atoms with Crippen LogP contribution in [0.15, 0.2) is 18.2 Å². The molecule has 0 aliphatic heterocycles. The van der Waals surface area contributed by atoms with Crippen LogP contribution in [-0.4, -0.2) is 10.2 Å². The Morgan fingerprint density at radius 2 is 2.00 bits per heavy atom. The summed E-state index contributed by atoms with van der Waals surface area (Å²) in [7, 11) is 0. The van der Waals surface area contributed by atoms with Gasteiger partial charge in [-0.1, -0.05) is 13.8 Å². The van der Waals surface area contributed by atoms with E-state index in [1.807, 2.05) is 13.8 Å². The fourth-order valence-electron chi connectivity index (χ4n) is 1.41. The van der Waals surface area contributed by atoms with Crippen LogP contribution < -0.4 is 0 Å². The minimum Gasteiger partial charge on any atom is -0.207 e. The summed E-state index contributed by atoms with van der Waals surface area (Å²) in [5, 5.41) is 9.62. The summed E-state index contributed by atoms with van der Waals surface area (Å²) >= 11 is 1.44. The number of halogens is 2. The van der Waals surface area contributed by atoms with Gasteiger partial charge in [-0.3, -0.25) is 0 Å². The standard InChI is InChI=1S/C12H12F2N2S/c1-7(2)12-16-15-11(17-12)6-8-5-9(13)3-4-10(8)14/h3-5,7H,6H2,1-2H3. The van der Waals surface area contributed by atoms with Gasteiger partial charge in [-0.05, 0) is 23.8 Å². The average molecular weight is 254 g/mol. The molecule has 1 aromatic carbocycles. The summed E-state index contributed by atoms with van der Waals surface area (Å²) in [6.07, 6.45) is 0.286. The van der Waals surface area contributed by atoms with Crippen molar-refractivity contribution in [3.8, 4) is 0 Å². The van der Waals surface area contributed by atoms with E-state index < -0.39 is 11.6 Å². The van der Waals surface area contributed by atoms with Crippen molar-refractivity contribution in [3.05, 3.63) is 45.4 Å². The lowest BCUT2D eigenvalue weighted by molar-refractivity contribution is 0.588. The van der Waals surface area contributed by atoms with Crippen LogP contribution in [0.5, 0.6) is 0 Å². The van der Waals surface area contributed by atoms with Crippen LogP contribution in [0.2, 0.25) is 0 Å². The second-order valence-corrected chi connectivity index (χ2v) is 5.19. The molecular weight excluding hydrogens is 242 g/mol. The first-order valence-corrected chi connectivity index (χ1v) is 6.14. The zero-order chi connectivity index (χ0) is 12.4. The molecule has 0 aliphatic rings. The van der Waals surface area contributed by atoms with Gasteiger partial charge in [-0.15, -0.1) is 21.5 Å². The normalized spacial score (nSPS) is 11.1. The van der Waals surface area contributed by atoms with E-state index in [2.05, 4.69) is 10.2 Å². The van der Waals surface area contributed by atoms with Gasteiger partial charge in [0.1, 0.15) is 21.6 Å². The number of hydrogen-bond acceptors (Lipinski definition) is 3. The van der Waals surface area contributed by atoms with Gasteiger partial charge in [0.15, 0.2) is 0 Å². The van der Waals surface area contributed by atoms with Crippen molar-refractivity contribution in [1.29, 1.82) is 0 Å². The van der Waals surface area contributed by atoms with Crippen LogP contribution >= 0.6 is 11.3 Å². The fourth-order valence-corrected chi connectivity index (χ4v) is 2.28. The third-order valence-corrected chi connectivity index (χ3v) is 3.55. The molecule has 5 heteroatoms. The van der Waals surface area contributed by atoms with Crippen LogP contribution in [0, 0.1) is 11.6 Å². The Balaban J connectivity index is 2.22. The monoisotopic (exact) mass is 254 g/mol. The van der Waals surface area contributed by atoms with Gasteiger partial charge in [0.2, 0.25) is 0 Å². The van der Waals surface area contributed by atoms with Crippen molar-refractivity contribution in [2.75, 3.05) is 0 Å². The van der Waals surface area contributed by atoms with Crippen LogP contribution in [0.1, 0.15) is 35.3 Å². The quantitative estimate of drug-likeness (QED) is 0.837. The smallest absolute Gasteiger partial charge is 0.127 e. The number of hydrogen-bond donors (Lipinski definition) is 0. The van der Waals surface area contributed by atoms with E-state index in [9.17, 15) is 8.78 Å². The maximum absolute atomic E-state index is 13.4. The molecule has 2 nitrogen and oxygen atoms in total. The minimum absolute atomic E-state index is 0.286. The third kappa shape index (κ3) is 2.85. The molecule has 2 aromatic rings. The molecule has 0 aliphatic carbocycles. The van der Waals surface area contributed by atoms with Gasteiger partial charge >= 0.3 is 0 Å². The Labute approximate surface area is 102 Å². The van der Waals surface area contributed by atoms with E-state index in [0.29, 0.717) is 16.5 Å². The molecule has 0 radical (unpaired) electrons. The predicted octanol–water partition coefficient (Wildman–Crippen LogP) is 3.53. The molecule has 0 fully saturated rings. The highest BCUT2D eigenvalue weighted by Crippen LogP contribution is 2.22. The molecule has 0 unspecified atom stereocenters. The molecule has 0 saturated heterocycles. The SMILES string of the molecule is CC(C)c1nnc(Cc2cc(F)ccc2F)s1. The highest BCUT2D eigenvalue weighted by molar-refractivity contribution is 7.11. The summed E-state index contributed by atoms with van der Waals surface area (Å²) in [6.45, 7) is 4.04. The maximum Gasteiger partial charge on any atom is 0.127 e. The van der Waals surface area contributed by atoms with Crippen LogP contribution in [-0.2, 0) is 6.42 Å². The minimum atomic E-state index is -0.435. The molecule has 0 N–H and O–H groups in total. The van der Waals surface area contributed by atoms with E-state index in [1.165, 1.54) is 17.4 Å². The molecular formula is C12H12F2N2S. The van der Waals surface area contributed by atoms with E-state index in [0.717, 1.165) is 17.1 Å². The Morgan fingerprint density at radius 1 is 1.24 bits per heavy atom. The molecule has 90 valence electrons. The lowest BCUT2D eigenvalue weighted by Crippen LogP contribution is -1.93. The zero-order valence-corrected chi connectivity index (χ0v) is 10.4. The molecule has 0 bridgehead atoms. The Kier molecular flexibility index (Phi) is 3.47. The summed E-state index contributed by atoms with van der Waals surface area (Å²) in [5.41, 5.74) is 0.316. The molecule has 17 heavy (non-hydrogen) atoms. The number of nitrogens with zero attached hydrogens (tertiary/aromatic N) is 2. The number of rotatable bonds is 3. The van der Waals surface area contributed by atoms with Crippen molar-refractivity contribution < 1.29 is 8.78 Å². The zero-order valence-electron chi connectivity index (χ0n) is 9.58. The maximum atomic E-state index is 13.4. The van der Waals surface area contributed by atoms with Crippen molar-refractivity contribution >= 4 is 11.3 Å². The highest BCUT2D eigenvalue weighted by atomic mass is 32.1. The fraction of sp³-hybridized carbons (Fsp3) is 0.333. The van der Waals surface area contributed by atoms with Crippen molar-refractivity contribution in [2.45, 2.75) is 26.2 Å². The highest BCUT2D eigenvalue weighted by Gasteiger charge is 2.11. The van der Waals surface area contributed by atoms with E-state index >= 15 is 0 Å². The van der Waals surface area contributed by atoms with Gasteiger partial charge in [0.25, 0.3) is 0 Å². The Bertz CT molecular complexity index is 523. The van der Waals surface area contributed by atoms with Gasteiger partial charge in [-0.25, -0.2) is 8.78 Å². The second-order valence-electron chi connectivity index (χ2n) is 4.10. The molecule has 0 amide bonds. The van der Waals surface area contributed by atoms with Crippen molar-refractivity contribution in [2.24, 2.45) is 0 Å². The van der Waals surface area contributed by atoms with Crippen LogP contribution in [0.4, 0.5) is 8.78 Å². The van der Waals surface area contributed by atoms with Gasteiger partial charge in [-0.2, -0.15) is 0 Å². The van der Waals surface area contributed by atoms with E-state index in [4.69, 9.17) is 0 Å². The lowest BCUT2D eigenvalue weighted by Gasteiger charge is -2.00. The van der Waals surface area contributed by atoms with Gasteiger partial charge in [0, 0.05) is 12.3 Å². The molecule has 1 aromatic heterocycles. The Morgan fingerprint density at radius 3 is 2.65 bits per heavy atom.